The van der Waals surface area contributed by atoms with E-state index in [9.17, 15) is 0 Å². The van der Waals surface area contributed by atoms with Gasteiger partial charge in [-0.25, -0.2) is 4.98 Å². The fraction of sp³-hybridized carbons (Fsp3) is 0.273. The maximum atomic E-state index is 5.21. The number of rotatable bonds is 5. The van der Waals surface area contributed by atoms with E-state index >= 15 is 0 Å². The van der Waals surface area contributed by atoms with Gasteiger partial charge in [-0.1, -0.05) is 81.4 Å². The van der Waals surface area contributed by atoms with Crippen LogP contribution in [0.4, 0.5) is 5.69 Å². The molecule has 0 fully saturated rings. The quantitative estimate of drug-likeness (QED) is 0.187. The highest BCUT2D eigenvalue weighted by Crippen LogP contribution is 2.57. The van der Waals surface area contributed by atoms with Crippen molar-refractivity contribution in [1.82, 2.24) is 19.3 Å². The Morgan fingerprint density at radius 3 is 2.06 bits per heavy atom. The lowest BCUT2D eigenvalue weighted by atomic mass is 9.67. The van der Waals surface area contributed by atoms with Crippen molar-refractivity contribution < 1.29 is 0 Å². The number of benzene rings is 3. The summed E-state index contributed by atoms with van der Waals surface area (Å²) in [5, 5.41) is 0. The predicted molar refractivity (Wildman–Crippen MR) is 201 cm³/mol. The Balaban J connectivity index is 1.46. The minimum atomic E-state index is -0.570. The molecule has 0 N–H and O–H groups in total. The highest BCUT2D eigenvalue weighted by atomic mass is 15.3. The van der Waals surface area contributed by atoms with Gasteiger partial charge in [-0.2, -0.15) is 0 Å². The zero-order valence-corrected chi connectivity index (χ0v) is 29.9. The molecule has 0 unspecified atom stereocenters. The molecule has 6 aromatic rings. The molecule has 246 valence electrons. The average Bonchev–Trinajstić information content (AvgIpc) is 3.76. The molecule has 0 radical (unpaired) electrons. The molecule has 0 atom stereocenters. The molecule has 8 rings (SSSR count). The molecule has 2 aliphatic rings. The molecular formula is C44H45N5. The van der Waals surface area contributed by atoms with Crippen LogP contribution in [0, 0.1) is 13.8 Å². The van der Waals surface area contributed by atoms with E-state index in [4.69, 9.17) is 9.97 Å². The second kappa shape index (κ2) is 10.9. The Morgan fingerprint density at radius 2 is 1.41 bits per heavy atom. The van der Waals surface area contributed by atoms with Gasteiger partial charge in [0.2, 0.25) is 0 Å². The lowest BCUT2D eigenvalue weighted by Crippen LogP contribution is -2.31. The Bertz CT molecular complexity index is 2240. The van der Waals surface area contributed by atoms with Crippen LogP contribution in [0.5, 0.6) is 0 Å². The molecule has 1 aliphatic carbocycles. The van der Waals surface area contributed by atoms with Gasteiger partial charge < -0.3 is 14.2 Å². The topological polar surface area (TPSA) is 36.7 Å². The second-order valence-corrected chi connectivity index (χ2v) is 15.5. The molecule has 3 aromatic heterocycles. The van der Waals surface area contributed by atoms with E-state index < -0.39 is 10.8 Å². The lowest BCUT2D eigenvalue weighted by Gasteiger charge is -2.36. The molecule has 0 saturated carbocycles. The summed E-state index contributed by atoms with van der Waals surface area (Å²) in [6.07, 6.45) is 6.28. The van der Waals surface area contributed by atoms with Gasteiger partial charge in [0.05, 0.1) is 23.5 Å². The number of anilines is 1. The molecule has 0 saturated heterocycles. The van der Waals surface area contributed by atoms with Crippen molar-refractivity contribution in [3.8, 4) is 11.1 Å². The summed E-state index contributed by atoms with van der Waals surface area (Å²) in [5.74, 6) is 0. The predicted octanol–water partition coefficient (Wildman–Crippen LogP) is 9.51. The summed E-state index contributed by atoms with van der Waals surface area (Å²) in [6.45, 7) is 16.6. The first kappa shape index (κ1) is 31.1. The van der Waals surface area contributed by atoms with Crippen molar-refractivity contribution in [3.63, 3.8) is 0 Å². The van der Waals surface area contributed by atoms with Gasteiger partial charge in [0, 0.05) is 48.1 Å². The van der Waals surface area contributed by atoms with E-state index in [0.29, 0.717) is 0 Å². The van der Waals surface area contributed by atoms with Gasteiger partial charge >= 0.3 is 0 Å². The zero-order valence-electron chi connectivity index (χ0n) is 29.9. The van der Waals surface area contributed by atoms with Gasteiger partial charge in [0.25, 0.3) is 0 Å². The molecule has 5 heteroatoms. The van der Waals surface area contributed by atoms with Gasteiger partial charge in [-0.05, 0) is 108 Å². The third-order valence-corrected chi connectivity index (χ3v) is 11.0. The SMILES string of the molecule is Cc1nc2cc(C3(c4cccc(N5C=CN(C)C5)c4)c4ccccc4-c4ccccc43)cc(C(C)(C)c3cc(C(C)(C)C)ccn3)n2c1C. The smallest absolute Gasteiger partial charge is 0.137 e. The average molecular weight is 644 g/mol. The fourth-order valence-electron chi connectivity index (χ4n) is 8.11. The molecule has 4 heterocycles. The van der Waals surface area contributed by atoms with Gasteiger partial charge in [-0.3, -0.25) is 4.98 Å². The Kier molecular flexibility index (Phi) is 6.94. The summed E-state index contributed by atoms with van der Waals surface area (Å²) in [7, 11) is 2.12. The Labute approximate surface area is 290 Å². The highest BCUT2D eigenvalue weighted by Gasteiger charge is 2.47. The van der Waals surface area contributed by atoms with Gasteiger partial charge in [0.1, 0.15) is 5.65 Å². The second-order valence-electron chi connectivity index (χ2n) is 15.5. The van der Waals surface area contributed by atoms with Crippen molar-refractivity contribution in [1.29, 1.82) is 0 Å². The lowest BCUT2D eigenvalue weighted by molar-refractivity contribution is 0.495. The molecular weight excluding hydrogens is 599 g/mol. The van der Waals surface area contributed by atoms with Crippen molar-refractivity contribution in [3.05, 3.63) is 166 Å². The number of hydrogen-bond donors (Lipinski definition) is 0. The third-order valence-electron chi connectivity index (χ3n) is 11.0. The zero-order chi connectivity index (χ0) is 34.3. The third kappa shape index (κ3) is 4.66. The van der Waals surface area contributed by atoms with Crippen LogP contribution in [0.2, 0.25) is 0 Å². The Hall–Kier alpha value is -5.16. The standard InChI is InChI=1S/C44H45N5/c1-29-30(2)49-40(43(6,7)39-25-31(20-21-45-39)42(3,4)5)26-33(27-41(49)46-29)44(32-14-13-15-34(24-32)48-23-22-47(8)28-48)37-18-11-9-16-35(37)36-17-10-12-19-38(36)44/h9-27H,28H2,1-8H3. The maximum Gasteiger partial charge on any atom is 0.137 e. The molecule has 49 heavy (non-hydrogen) atoms. The van der Waals surface area contributed by atoms with E-state index in [1.54, 1.807) is 0 Å². The Morgan fingerprint density at radius 1 is 0.714 bits per heavy atom. The minimum absolute atomic E-state index is 0.0120. The molecule has 3 aromatic carbocycles. The van der Waals surface area contributed by atoms with Crippen molar-refractivity contribution >= 4 is 11.3 Å². The number of aromatic nitrogens is 3. The summed E-state index contributed by atoms with van der Waals surface area (Å²) in [6, 6.07) is 36.4. The number of nitrogens with zero attached hydrogens (tertiary/aromatic N) is 5. The monoisotopic (exact) mass is 643 g/mol. The van der Waals surface area contributed by atoms with Crippen molar-refractivity contribution in [2.45, 2.75) is 64.7 Å². The number of fused-ring (bicyclic) bond motifs is 4. The number of hydrogen-bond acceptors (Lipinski definition) is 4. The van der Waals surface area contributed by atoms with Crippen LogP contribution >= 0.6 is 0 Å². The van der Waals surface area contributed by atoms with Crippen molar-refractivity contribution in [2.24, 2.45) is 0 Å². The molecule has 0 bridgehead atoms. The molecule has 0 amide bonds. The largest absolute Gasteiger partial charge is 0.361 e. The highest BCUT2D eigenvalue weighted by molar-refractivity contribution is 5.87. The van der Waals surface area contributed by atoms with Crippen LogP contribution < -0.4 is 4.90 Å². The molecule has 1 aliphatic heterocycles. The maximum absolute atomic E-state index is 5.21. The normalized spacial score (nSPS) is 15.3. The van der Waals surface area contributed by atoms with Crippen LogP contribution in [0.15, 0.2) is 116 Å². The fourth-order valence-corrected chi connectivity index (χ4v) is 8.11. The summed E-state index contributed by atoms with van der Waals surface area (Å²) >= 11 is 0. The summed E-state index contributed by atoms with van der Waals surface area (Å²) in [4.78, 5) is 14.8. The first-order valence-corrected chi connectivity index (χ1v) is 17.3. The van der Waals surface area contributed by atoms with Crippen molar-refractivity contribution in [2.75, 3.05) is 18.6 Å². The van der Waals surface area contributed by atoms with E-state index in [2.05, 4.69) is 179 Å². The number of imidazole rings is 1. The van der Waals surface area contributed by atoms with Crippen LogP contribution in [0.25, 0.3) is 16.8 Å². The first-order valence-electron chi connectivity index (χ1n) is 17.3. The van der Waals surface area contributed by atoms with Gasteiger partial charge in [0.15, 0.2) is 0 Å². The van der Waals surface area contributed by atoms with E-state index in [1.165, 1.54) is 50.3 Å². The van der Waals surface area contributed by atoms with Crippen LogP contribution in [0.3, 0.4) is 0 Å². The number of pyridine rings is 2. The minimum Gasteiger partial charge on any atom is -0.361 e. The molecule has 0 spiro atoms. The van der Waals surface area contributed by atoms with Crippen LogP contribution in [-0.2, 0) is 16.2 Å². The van der Waals surface area contributed by atoms with E-state index in [1.807, 2.05) is 6.20 Å². The molecule has 5 nitrogen and oxygen atoms in total. The van der Waals surface area contributed by atoms with Crippen LogP contribution in [-0.4, -0.2) is 33.0 Å². The summed E-state index contributed by atoms with van der Waals surface area (Å²) in [5.41, 5.74) is 14.5. The first-order chi connectivity index (χ1) is 23.4. The van der Waals surface area contributed by atoms with Crippen LogP contribution in [0.1, 0.15) is 85.2 Å². The van der Waals surface area contributed by atoms with E-state index in [0.717, 1.165) is 29.4 Å². The van der Waals surface area contributed by atoms with Gasteiger partial charge in [-0.15, -0.1) is 0 Å². The number of aryl methyl sites for hydroxylation is 2. The van der Waals surface area contributed by atoms with E-state index in [-0.39, 0.29) is 5.41 Å². The summed E-state index contributed by atoms with van der Waals surface area (Å²) < 4.78 is 2.37.